The first-order chi connectivity index (χ1) is 10.8. The smallest absolute Gasteiger partial charge is 0.270 e. The molecule has 0 saturated carbocycles. The van der Waals surface area contributed by atoms with Gasteiger partial charge in [0.05, 0.1) is 11.5 Å². The average Bonchev–Trinajstić information content (AvgIpc) is 2.86. The molecule has 8 heteroatoms. The van der Waals surface area contributed by atoms with Gasteiger partial charge in [-0.05, 0) is 25.3 Å². The lowest BCUT2D eigenvalue weighted by atomic mass is 10.2. The molecular formula is C15H24N4O3S. The van der Waals surface area contributed by atoms with Gasteiger partial charge in [-0.15, -0.1) is 0 Å². The Morgan fingerprint density at radius 2 is 2.22 bits per heavy atom. The van der Waals surface area contributed by atoms with Crippen molar-refractivity contribution in [1.29, 1.82) is 0 Å². The molecule has 1 amide bonds. The molecule has 1 N–H and O–H groups in total. The molecule has 1 fully saturated rings. The van der Waals surface area contributed by atoms with Gasteiger partial charge in [0, 0.05) is 25.3 Å². The summed E-state index contributed by atoms with van der Waals surface area (Å²) in [6.07, 6.45) is 2.11. The Bertz CT molecular complexity index is 660. The van der Waals surface area contributed by atoms with Crippen LogP contribution in [0, 0.1) is 5.92 Å². The van der Waals surface area contributed by atoms with Crippen LogP contribution >= 0.6 is 0 Å². The number of carbonyl (C=O) groups excluding carboxylic acids is 1. The number of rotatable bonds is 6. The number of anilines is 1. The van der Waals surface area contributed by atoms with Crippen LogP contribution < -0.4 is 10.2 Å². The Hall–Kier alpha value is -1.70. The summed E-state index contributed by atoms with van der Waals surface area (Å²) in [6, 6.07) is 1.44. The van der Waals surface area contributed by atoms with E-state index in [0.29, 0.717) is 37.1 Å². The largest absolute Gasteiger partial charge is 0.350 e. The van der Waals surface area contributed by atoms with Crippen molar-refractivity contribution in [1.82, 2.24) is 15.3 Å². The van der Waals surface area contributed by atoms with Gasteiger partial charge in [-0.1, -0.05) is 13.8 Å². The molecule has 0 aromatic carbocycles. The van der Waals surface area contributed by atoms with Gasteiger partial charge in [-0.25, -0.2) is 18.4 Å². The lowest BCUT2D eigenvalue weighted by Gasteiger charge is -2.26. The number of hydrogen-bond acceptors (Lipinski definition) is 6. The van der Waals surface area contributed by atoms with Crippen LogP contribution in [0.5, 0.6) is 0 Å². The minimum atomic E-state index is -2.98. The molecule has 1 aliphatic heterocycles. The molecular weight excluding hydrogens is 316 g/mol. The summed E-state index contributed by atoms with van der Waals surface area (Å²) in [4.78, 5) is 22.5. The van der Waals surface area contributed by atoms with E-state index in [-0.39, 0.29) is 23.5 Å². The van der Waals surface area contributed by atoms with Crippen molar-refractivity contribution in [2.75, 3.05) is 29.5 Å². The minimum Gasteiger partial charge on any atom is -0.350 e. The number of nitrogens with one attached hydrogen (secondary N) is 1. The van der Waals surface area contributed by atoms with Gasteiger partial charge in [0.2, 0.25) is 5.95 Å². The zero-order valence-corrected chi connectivity index (χ0v) is 14.6. The molecule has 1 aromatic heterocycles. The van der Waals surface area contributed by atoms with Crippen LogP contribution in [0.2, 0.25) is 0 Å². The molecule has 0 aliphatic carbocycles. The highest BCUT2D eigenvalue weighted by Crippen LogP contribution is 2.21. The van der Waals surface area contributed by atoms with Crippen LogP contribution in [0.4, 0.5) is 5.95 Å². The number of hydrogen-bond donors (Lipinski definition) is 1. The molecule has 1 aliphatic rings. The first-order valence-electron chi connectivity index (χ1n) is 7.90. The Morgan fingerprint density at radius 3 is 2.78 bits per heavy atom. The van der Waals surface area contributed by atoms with E-state index >= 15 is 0 Å². The van der Waals surface area contributed by atoms with E-state index in [1.54, 1.807) is 12.3 Å². The van der Waals surface area contributed by atoms with Crippen LogP contribution in [-0.2, 0) is 9.84 Å². The summed E-state index contributed by atoms with van der Waals surface area (Å²) in [5, 5.41) is 2.82. The van der Waals surface area contributed by atoms with Crippen LogP contribution in [0.1, 0.15) is 37.7 Å². The van der Waals surface area contributed by atoms with E-state index in [1.807, 2.05) is 25.7 Å². The van der Waals surface area contributed by atoms with Crippen molar-refractivity contribution >= 4 is 21.7 Å². The Labute approximate surface area is 137 Å². The second-order valence-corrected chi connectivity index (χ2v) is 8.42. The van der Waals surface area contributed by atoms with Gasteiger partial charge in [0.1, 0.15) is 5.69 Å². The molecule has 1 unspecified atom stereocenters. The van der Waals surface area contributed by atoms with Crippen molar-refractivity contribution in [3.63, 3.8) is 0 Å². The third kappa shape index (κ3) is 4.63. The van der Waals surface area contributed by atoms with E-state index in [0.717, 1.165) is 0 Å². The number of nitrogens with zero attached hydrogens (tertiary/aromatic N) is 3. The molecule has 23 heavy (non-hydrogen) atoms. The van der Waals surface area contributed by atoms with Crippen LogP contribution in [-0.4, -0.2) is 54.9 Å². The Kier molecular flexibility index (Phi) is 5.56. The lowest BCUT2D eigenvalue weighted by Crippen LogP contribution is -2.38. The normalized spacial score (nSPS) is 19.7. The van der Waals surface area contributed by atoms with Crippen molar-refractivity contribution < 1.29 is 13.2 Å². The summed E-state index contributed by atoms with van der Waals surface area (Å²) >= 11 is 0. The fourth-order valence-corrected chi connectivity index (χ4v) is 4.32. The van der Waals surface area contributed by atoms with Gasteiger partial charge < -0.3 is 10.2 Å². The van der Waals surface area contributed by atoms with Crippen molar-refractivity contribution in [2.45, 2.75) is 33.2 Å². The van der Waals surface area contributed by atoms with Crippen LogP contribution in [0.3, 0.4) is 0 Å². The van der Waals surface area contributed by atoms with Crippen LogP contribution in [0.25, 0.3) is 0 Å². The van der Waals surface area contributed by atoms with Crippen molar-refractivity contribution in [2.24, 2.45) is 5.92 Å². The highest BCUT2D eigenvalue weighted by Gasteiger charge is 2.33. The van der Waals surface area contributed by atoms with Gasteiger partial charge in [-0.3, -0.25) is 4.79 Å². The van der Waals surface area contributed by atoms with Gasteiger partial charge in [-0.2, -0.15) is 0 Å². The highest BCUT2D eigenvalue weighted by molar-refractivity contribution is 7.91. The van der Waals surface area contributed by atoms with Gasteiger partial charge in [0.25, 0.3) is 5.91 Å². The first kappa shape index (κ1) is 17.7. The molecule has 0 bridgehead atoms. The quantitative estimate of drug-likeness (QED) is 0.826. The molecule has 7 nitrogen and oxygen atoms in total. The maximum absolute atomic E-state index is 12.1. The van der Waals surface area contributed by atoms with E-state index in [2.05, 4.69) is 15.3 Å². The van der Waals surface area contributed by atoms with Gasteiger partial charge >= 0.3 is 0 Å². The van der Waals surface area contributed by atoms with Crippen molar-refractivity contribution in [3.8, 4) is 0 Å². The molecule has 2 rings (SSSR count). The number of sulfone groups is 1. The summed E-state index contributed by atoms with van der Waals surface area (Å²) < 4.78 is 23.4. The molecule has 1 saturated heterocycles. The number of amides is 1. The predicted molar refractivity (Wildman–Crippen MR) is 89.3 cm³/mol. The summed E-state index contributed by atoms with van der Waals surface area (Å²) in [6.45, 7) is 7.14. The fourth-order valence-electron chi connectivity index (χ4n) is 2.58. The summed E-state index contributed by atoms with van der Waals surface area (Å²) in [5.41, 5.74) is 0.301. The molecule has 0 spiro atoms. The van der Waals surface area contributed by atoms with E-state index in [9.17, 15) is 13.2 Å². The van der Waals surface area contributed by atoms with E-state index < -0.39 is 9.84 Å². The van der Waals surface area contributed by atoms with Gasteiger partial charge in [0.15, 0.2) is 9.84 Å². The second-order valence-electron chi connectivity index (χ2n) is 6.19. The molecule has 128 valence electrons. The predicted octanol–water partition coefficient (Wildman–Crippen LogP) is 0.876. The third-order valence-electron chi connectivity index (χ3n) is 3.79. The second kappa shape index (κ2) is 7.25. The maximum Gasteiger partial charge on any atom is 0.270 e. The third-order valence-corrected chi connectivity index (χ3v) is 5.54. The molecule has 0 radical (unpaired) electrons. The highest BCUT2D eigenvalue weighted by atomic mass is 32.2. The molecule has 2 heterocycles. The molecule has 1 atom stereocenters. The lowest BCUT2D eigenvalue weighted by molar-refractivity contribution is 0.0944. The fraction of sp³-hybridized carbons (Fsp3) is 0.667. The number of carbonyl (C=O) groups is 1. The zero-order valence-electron chi connectivity index (χ0n) is 13.8. The first-order valence-corrected chi connectivity index (χ1v) is 9.73. The Balaban J connectivity index is 2.15. The van der Waals surface area contributed by atoms with E-state index in [4.69, 9.17) is 0 Å². The number of aromatic nitrogens is 2. The van der Waals surface area contributed by atoms with E-state index in [1.165, 1.54) is 0 Å². The Morgan fingerprint density at radius 1 is 1.48 bits per heavy atom. The zero-order chi connectivity index (χ0) is 17.0. The topological polar surface area (TPSA) is 92.3 Å². The van der Waals surface area contributed by atoms with Crippen molar-refractivity contribution in [3.05, 3.63) is 18.0 Å². The summed E-state index contributed by atoms with van der Waals surface area (Å²) in [5.74, 6) is 0.844. The average molecular weight is 340 g/mol. The molecule has 1 aromatic rings. The maximum atomic E-state index is 12.1. The standard InChI is InChI=1S/C15H24N4O3S/c1-4-19(12-6-8-23(21,22)10-12)15-16-7-5-13(18-15)14(20)17-9-11(2)3/h5,7,11-12H,4,6,8-10H2,1-3H3,(H,17,20). The SMILES string of the molecule is CCN(c1nccc(C(=O)NCC(C)C)n1)C1CCS(=O)(=O)C1. The minimum absolute atomic E-state index is 0.119. The monoisotopic (exact) mass is 340 g/mol. The summed E-state index contributed by atoms with van der Waals surface area (Å²) in [7, 11) is -2.98. The van der Waals surface area contributed by atoms with Crippen LogP contribution in [0.15, 0.2) is 12.3 Å².